The molecule has 8 nitrogen and oxygen atoms in total. The van der Waals surface area contributed by atoms with Crippen molar-refractivity contribution in [1.29, 1.82) is 0 Å². The predicted molar refractivity (Wildman–Crippen MR) is 132 cm³/mol. The molecule has 2 N–H and O–H groups in total. The van der Waals surface area contributed by atoms with Gasteiger partial charge in [0.25, 0.3) is 0 Å². The molecule has 8 heteroatoms. The monoisotopic (exact) mass is 442 g/mol. The van der Waals surface area contributed by atoms with Crippen LogP contribution in [0.25, 0.3) is 21.9 Å². The molecular formula is C25H30N8. The molecule has 1 saturated heterocycles. The van der Waals surface area contributed by atoms with Gasteiger partial charge in [-0.1, -0.05) is 12.8 Å². The van der Waals surface area contributed by atoms with E-state index in [0.717, 1.165) is 47.7 Å². The lowest BCUT2D eigenvalue weighted by atomic mass is 10.0. The Hall–Kier alpha value is -3.26. The van der Waals surface area contributed by atoms with Crippen molar-refractivity contribution in [2.24, 2.45) is 0 Å². The quantitative estimate of drug-likeness (QED) is 0.484. The number of fused-ring (bicyclic) bond motifs is 3. The Labute approximate surface area is 193 Å². The molecule has 6 rings (SSSR count). The van der Waals surface area contributed by atoms with Crippen molar-refractivity contribution in [2.75, 3.05) is 29.9 Å². The summed E-state index contributed by atoms with van der Waals surface area (Å²) >= 11 is 0. The SMILES string of the molecule is CC1(C)CN(c2ccc(Nc3ncc4c5ccncc5n(C5CCCC5)c4n3)nc2)CCN1. The molecule has 0 unspecified atom stereocenters. The normalized spacial score (nSPS) is 18.9. The van der Waals surface area contributed by atoms with E-state index in [1.165, 1.54) is 31.1 Å². The van der Waals surface area contributed by atoms with E-state index in [-0.39, 0.29) is 5.54 Å². The summed E-state index contributed by atoms with van der Waals surface area (Å²) in [6.07, 6.45) is 12.6. The number of nitrogens with zero attached hydrogens (tertiary/aromatic N) is 6. The van der Waals surface area contributed by atoms with Crippen LogP contribution in [0.3, 0.4) is 0 Å². The molecule has 33 heavy (non-hydrogen) atoms. The van der Waals surface area contributed by atoms with Crippen molar-refractivity contribution >= 4 is 39.4 Å². The first-order valence-corrected chi connectivity index (χ1v) is 11.9. The lowest BCUT2D eigenvalue weighted by Crippen LogP contribution is -2.57. The molecule has 0 amide bonds. The van der Waals surface area contributed by atoms with E-state index in [1.54, 1.807) is 0 Å². The molecule has 0 bridgehead atoms. The zero-order chi connectivity index (χ0) is 22.4. The Kier molecular flexibility index (Phi) is 4.90. The third-order valence-electron chi connectivity index (χ3n) is 6.96. The van der Waals surface area contributed by atoms with Gasteiger partial charge in [0.1, 0.15) is 11.5 Å². The van der Waals surface area contributed by atoms with Gasteiger partial charge in [-0.3, -0.25) is 4.98 Å². The molecule has 0 spiro atoms. The van der Waals surface area contributed by atoms with Gasteiger partial charge in [-0.2, -0.15) is 4.98 Å². The maximum atomic E-state index is 4.94. The fourth-order valence-corrected chi connectivity index (χ4v) is 5.38. The summed E-state index contributed by atoms with van der Waals surface area (Å²) in [6.45, 7) is 7.39. The number of hydrogen-bond acceptors (Lipinski definition) is 7. The smallest absolute Gasteiger partial charge is 0.230 e. The maximum absolute atomic E-state index is 4.94. The highest BCUT2D eigenvalue weighted by Gasteiger charge is 2.26. The third-order valence-corrected chi connectivity index (χ3v) is 6.96. The second-order valence-electron chi connectivity index (χ2n) is 9.89. The van der Waals surface area contributed by atoms with Gasteiger partial charge in [-0.05, 0) is 44.9 Å². The Morgan fingerprint density at radius 2 is 1.91 bits per heavy atom. The third kappa shape index (κ3) is 3.78. The van der Waals surface area contributed by atoms with Crippen LogP contribution in [0, 0.1) is 0 Å². The van der Waals surface area contributed by atoms with E-state index in [9.17, 15) is 0 Å². The zero-order valence-electron chi connectivity index (χ0n) is 19.3. The van der Waals surface area contributed by atoms with E-state index in [0.29, 0.717) is 12.0 Å². The van der Waals surface area contributed by atoms with Gasteiger partial charge in [-0.15, -0.1) is 0 Å². The first kappa shape index (κ1) is 20.4. The standard InChI is InChI=1S/C25H30N8/c1-25(2)16-32(12-11-29-25)18-7-8-22(27-13-18)30-24-28-14-20-19-9-10-26-15-21(19)33(23(20)31-24)17-5-3-4-6-17/h7-10,13-15,17,29H,3-6,11-12,16H2,1-2H3,(H,27,28,30,31). The molecule has 4 aromatic heterocycles. The Morgan fingerprint density at radius 1 is 1.03 bits per heavy atom. The van der Waals surface area contributed by atoms with Gasteiger partial charge in [-0.25, -0.2) is 9.97 Å². The summed E-state index contributed by atoms with van der Waals surface area (Å²) in [4.78, 5) is 21.0. The van der Waals surface area contributed by atoms with E-state index in [2.05, 4.69) is 61.0 Å². The lowest BCUT2D eigenvalue weighted by molar-refractivity contribution is 0.353. The molecule has 1 aliphatic carbocycles. The number of pyridine rings is 2. The van der Waals surface area contributed by atoms with Crippen LogP contribution in [-0.4, -0.2) is 49.7 Å². The molecule has 170 valence electrons. The van der Waals surface area contributed by atoms with Gasteiger partial charge < -0.3 is 20.1 Å². The first-order chi connectivity index (χ1) is 16.1. The Balaban J connectivity index is 1.30. The molecule has 2 aliphatic rings. The van der Waals surface area contributed by atoms with E-state index in [1.807, 2.05) is 30.9 Å². The number of rotatable bonds is 4. The van der Waals surface area contributed by atoms with Crippen LogP contribution >= 0.6 is 0 Å². The maximum Gasteiger partial charge on any atom is 0.230 e. The highest BCUT2D eigenvalue weighted by atomic mass is 15.2. The van der Waals surface area contributed by atoms with Gasteiger partial charge in [0.2, 0.25) is 5.95 Å². The predicted octanol–water partition coefficient (Wildman–Crippen LogP) is 4.42. The fourth-order valence-electron chi connectivity index (χ4n) is 5.38. The molecule has 0 radical (unpaired) electrons. The van der Waals surface area contributed by atoms with Crippen LogP contribution in [-0.2, 0) is 0 Å². The van der Waals surface area contributed by atoms with E-state index in [4.69, 9.17) is 4.98 Å². The van der Waals surface area contributed by atoms with Crippen molar-refractivity contribution < 1.29 is 0 Å². The van der Waals surface area contributed by atoms with Gasteiger partial charge in [0.15, 0.2) is 0 Å². The molecule has 1 saturated carbocycles. The number of aromatic nitrogens is 5. The van der Waals surface area contributed by atoms with Crippen molar-refractivity contribution in [3.63, 3.8) is 0 Å². The topological polar surface area (TPSA) is 83.8 Å². The first-order valence-electron chi connectivity index (χ1n) is 11.9. The zero-order valence-corrected chi connectivity index (χ0v) is 19.3. The average Bonchev–Trinajstić information content (AvgIpc) is 3.44. The minimum Gasteiger partial charge on any atom is -0.367 e. The van der Waals surface area contributed by atoms with Crippen LogP contribution in [0.15, 0.2) is 43.0 Å². The molecule has 0 atom stereocenters. The van der Waals surface area contributed by atoms with Crippen LogP contribution in [0.1, 0.15) is 45.6 Å². The summed E-state index contributed by atoms with van der Waals surface area (Å²) in [7, 11) is 0. The summed E-state index contributed by atoms with van der Waals surface area (Å²) in [6, 6.07) is 6.67. The van der Waals surface area contributed by atoms with E-state index < -0.39 is 0 Å². The molecule has 2 fully saturated rings. The second-order valence-corrected chi connectivity index (χ2v) is 9.89. The molecule has 0 aromatic carbocycles. The Morgan fingerprint density at radius 3 is 2.70 bits per heavy atom. The number of piperazine rings is 1. The number of hydrogen-bond donors (Lipinski definition) is 2. The largest absolute Gasteiger partial charge is 0.367 e. The molecule has 5 heterocycles. The van der Waals surface area contributed by atoms with E-state index >= 15 is 0 Å². The Bertz CT molecular complexity index is 1290. The summed E-state index contributed by atoms with van der Waals surface area (Å²) in [5.41, 5.74) is 3.36. The number of anilines is 3. The molecule has 4 aromatic rings. The number of nitrogens with one attached hydrogen (secondary N) is 2. The second kappa shape index (κ2) is 7.95. The van der Waals surface area contributed by atoms with Crippen LogP contribution in [0.4, 0.5) is 17.5 Å². The van der Waals surface area contributed by atoms with Crippen LogP contribution < -0.4 is 15.5 Å². The average molecular weight is 443 g/mol. The summed E-state index contributed by atoms with van der Waals surface area (Å²) in [5, 5.41) is 9.11. The molecule has 1 aliphatic heterocycles. The minimum atomic E-state index is 0.103. The van der Waals surface area contributed by atoms with Crippen molar-refractivity contribution in [3.8, 4) is 0 Å². The van der Waals surface area contributed by atoms with Crippen LogP contribution in [0.2, 0.25) is 0 Å². The fraction of sp³-hybridized carbons (Fsp3) is 0.440. The minimum absolute atomic E-state index is 0.103. The van der Waals surface area contributed by atoms with Crippen molar-refractivity contribution in [3.05, 3.63) is 43.0 Å². The van der Waals surface area contributed by atoms with Gasteiger partial charge in [0, 0.05) is 54.4 Å². The van der Waals surface area contributed by atoms with Crippen molar-refractivity contribution in [1.82, 2.24) is 29.8 Å². The lowest BCUT2D eigenvalue weighted by Gasteiger charge is -2.40. The van der Waals surface area contributed by atoms with Crippen molar-refractivity contribution in [2.45, 2.75) is 51.1 Å². The molecular weight excluding hydrogens is 412 g/mol. The highest BCUT2D eigenvalue weighted by molar-refractivity contribution is 6.06. The summed E-state index contributed by atoms with van der Waals surface area (Å²) < 4.78 is 2.38. The highest BCUT2D eigenvalue weighted by Crippen LogP contribution is 2.37. The van der Waals surface area contributed by atoms with Gasteiger partial charge >= 0.3 is 0 Å². The summed E-state index contributed by atoms with van der Waals surface area (Å²) in [5.74, 6) is 1.32. The van der Waals surface area contributed by atoms with Gasteiger partial charge in [0.05, 0.1) is 23.6 Å². The van der Waals surface area contributed by atoms with Crippen LogP contribution in [0.5, 0.6) is 0 Å².